The largest absolute Gasteiger partial charge is 0.481 e. The molecule has 166 valence electrons. The van der Waals surface area contributed by atoms with Crippen molar-refractivity contribution >= 4 is 40.9 Å². The molecule has 0 atom stereocenters. The van der Waals surface area contributed by atoms with Crippen LogP contribution in [0.3, 0.4) is 0 Å². The van der Waals surface area contributed by atoms with Crippen LogP contribution in [-0.2, 0) is 16.2 Å². The first-order valence-corrected chi connectivity index (χ1v) is 9.99. The molecule has 0 aliphatic carbocycles. The molecule has 1 aliphatic rings. The molecule has 0 saturated carbocycles. The summed E-state index contributed by atoms with van der Waals surface area (Å²) in [5.41, 5.74) is 2.32. The standard InChI is InChI=1S/C23H15ClFN3O5/c24-16-10-15(11-18-22(29)26-27(23(18)30)17-7-2-1-3-8-17)21(20(12-16)28(31)32)33-13-14-6-4-5-9-19(14)25/h1-12H,13H2,(H,26,29)/b18-11-. The number of ether oxygens (including phenoxy) is 1. The summed E-state index contributed by atoms with van der Waals surface area (Å²) in [6, 6.07) is 16.6. The molecule has 1 aliphatic heterocycles. The summed E-state index contributed by atoms with van der Waals surface area (Å²) in [7, 11) is 0. The summed E-state index contributed by atoms with van der Waals surface area (Å²) < 4.78 is 19.6. The number of nitrogens with one attached hydrogen (secondary N) is 1. The number of hydrogen-bond donors (Lipinski definition) is 1. The van der Waals surface area contributed by atoms with E-state index in [1.807, 2.05) is 0 Å². The lowest BCUT2D eigenvalue weighted by Crippen LogP contribution is -2.35. The van der Waals surface area contributed by atoms with Crippen LogP contribution in [-0.4, -0.2) is 16.7 Å². The molecule has 8 nitrogen and oxygen atoms in total. The number of amides is 2. The molecular formula is C23H15ClFN3O5. The quantitative estimate of drug-likeness (QED) is 0.250. The van der Waals surface area contributed by atoms with Crippen molar-refractivity contribution in [2.45, 2.75) is 6.61 Å². The summed E-state index contributed by atoms with van der Waals surface area (Å²) in [5.74, 6) is -2.16. The number of benzene rings is 3. The number of nitro benzene ring substituents is 1. The van der Waals surface area contributed by atoms with Gasteiger partial charge in [-0.15, -0.1) is 0 Å². The van der Waals surface area contributed by atoms with E-state index in [-0.39, 0.29) is 34.1 Å². The third-order valence-electron chi connectivity index (χ3n) is 4.80. The number of hydrazine groups is 1. The Labute approximate surface area is 192 Å². The zero-order valence-electron chi connectivity index (χ0n) is 16.8. The van der Waals surface area contributed by atoms with Crippen molar-refractivity contribution < 1.29 is 23.6 Å². The fraction of sp³-hybridized carbons (Fsp3) is 0.0435. The average molecular weight is 468 g/mol. The minimum absolute atomic E-state index is 0.00226. The maximum atomic E-state index is 14.0. The van der Waals surface area contributed by atoms with Crippen molar-refractivity contribution in [3.63, 3.8) is 0 Å². The molecule has 4 rings (SSSR count). The summed E-state index contributed by atoms with van der Waals surface area (Å²) >= 11 is 6.05. The maximum absolute atomic E-state index is 14.0. The van der Waals surface area contributed by atoms with Gasteiger partial charge in [-0.25, -0.2) is 9.40 Å². The van der Waals surface area contributed by atoms with Crippen LogP contribution in [0, 0.1) is 15.9 Å². The maximum Gasteiger partial charge on any atom is 0.313 e. The molecule has 2 amide bonds. The van der Waals surface area contributed by atoms with Gasteiger partial charge in [-0.05, 0) is 30.3 Å². The van der Waals surface area contributed by atoms with E-state index < -0.39 is 28.2 Å². The first-order valence-electron chi connectivity index (χ1n) is 9.61. The van der Waals surface area contributed by atoms with E-state index in [2.05, 4.69) is 5.43 Å². The molecule has 1 saturated heterocycles. The van der Waals surface area contributed by atoms with E-state index >= 15 is 0 Å². The molecule has 10 heteroatoms. The van der Waals surface area contributed by atoms with Gasteiger partial charge in [-0.3, -0.25) is 25.1 Å². The highest BCUT2D eigenvalue weighted by Gasteiger charge is 2.35. The monoisotopic (exact) mass is 467 g/mol. The average Bonchev–Trinajstić information content (AvgIpc) is 3.08. The van der Waals surface area contributed by atoms with Crippen LogP contribution in [0.25, 0.3) is 6.08 Å². The summed E-state index contributed by atoms with van der Waals surface area (Å²) in [4.78, 5) is 36.3. The first-order chi connectivity index (χ1) is 15.8. The van der Waals surface area contributed by atoms with Crippen LogP contribution >= 0.6 is 11.6 Å². The van der Waals surface area contributed by atoms with E-state index in [1.165, 1.54) is 24.3 Å². The SMILES string of the molecule is O=C1NN(c2ccccc2)C(=O)/C1=C\c1cc(Cl)cc([N+](=O)[O-])c1OCc1ccccc1F. The fourth-order valence-corrected chi connectivity index (χ4v) is 3.46. The topological polar surface area (TPSA) is 102 Å². The van der Waals surface area contributed by atoms with Gasteiger partial charge >= 0.3 is 5.69 Å². The van der Waals surface area contributed by atoms with Gasteiger partial charge in [0.2, 0.25) is 5.75 Å². The van der Waals surface area contributed by atoms with E-state index in [1.54, 1.807) is 36.4 Å². The molecule has 3 aromatic rings. The molecule has 0 aromatic heterocycles. The Morgan fingerprint density at radius 3 is 2.48 bits per heavy atom. The van der Waals surface area contributed by atoms with Crippen molar-refractivity contribution in [3.05, 3.63) is 104 Å². The molecule has 0 radical (unpaired) electrons. The second kappa shape index (κ2) is 9.09. The molecule has 1 heterocycles. The molecule has 0 bridgehead atoms. The molecule has 33 heavy (non-hydrogen) atoms. The third-order valence-corrected chi connectivity index (χ3v) is 5.01. The van der Waals surface area contributed by atoms with E-state index in [9.17, 15) is 24.1 Å². The number of carbonyl (C=O) groups is 2. The van der Waals surface area contributed by atoms with Crippen molar-refractivity contribution in [2.75, 3.05) is 5.01 Å². The van der Waals surface area contributed by atoms with Gasteiger partial charge in [0.1, 0.15) is 18.0 Å². The molecule has 1 N–H and O–H groups in total. The highest BCUT2D eigenvalue weighted by atomic mass is 35.5. The molecular weight excluding hydrogens is 453 g/mol. The normalized spacial score (nSPS) is 14.5. The second-order valence-corrected chi connectivity index (χ2v) is 7.39. The number of nitrogens with zero attached hydrogens (tertiary/aromatic N) is 2. The molecule has 3 aromatic carbocycles. The van der Waals surface area contributed by atoms with E-state index in [0.29, 0.717) is 5.69 Å². The Kier molecular flexibility index (Phi) is 6.05. The lowest BCUT2D eigenvalue weighted by molar-refractivity contribution is -0.385. The fourth-order valence-electron chi connectivity index (χ4n) is 3.24. The lowest BCUT2D eigenvalue weighted by Gasteiger charge is -2.14. The third kappa shape index (κ3) is 4.53. The number of para-hydroxylation sites is 1. The number of halogens is 2. The predicted octanol–water partition coefficient (Wildman–Crippen LogP) is 4.43. The minimum atomic E-state index is -0.711. The molecule has 1 fully saturated rings. The zero-order chi connectivity index (χ0) is 23.5. The number of carbonyl (C=O) groups excluding carboxylic acids is 2. The van der Waals surface area contributed by atoms with Crippen LogP contribution in [0.15, 0.2) is 72.3 Å². The van der Waals surface area contributed by atoms with Crippen LogP contribution in [0.2, 0.25) is 5.02 Å². The highest BCUT2D eigenvalue weighted by Crippen LogP contribution is 2.37. The van der Waals surface area contributed by atoms with Crippen LogP contribution in [0.1, 0.15) is 11.1 Å². The van der Waals surface area contributed by atoms with Crippen molar-refractivity contribution in [3.8, 4) is 5.75 Å². The van der Waals surface area contributed by atoms with Crippen molar-refractivity contribution in [1.82, 2.24) is 5.43 Å². The summed E-state index contributed by atoms with van der Waals surface area (Å²) in [6.07, 6.45) is 1.16. The number of hydrogen-bond acceptors (Lipinski definition) is 5. The second-order valence-electron chi connectivity index (χ2n) is 6.96. The van der Waals surface area contributed by atoms with Crippen LogP contribution < -0.4 is 15.2 Å². The van der Waals surface area contributed by atoms with Gasteiger partial charge in [0, 0.05) is 22.2 Å². The van der Waals surface area contributed by atoms with Crippen molar-refractivity contribution in [2.24, 2.45) is 0 Å². The Morgan fingerprint density at radius 1 is 1.09 bits per heavy atom. The van der Waals surface area contributed by atoms with Gasteiger partial charge in [-0.1, -0.05) is 48.0 Å². The molecule has 0 unspecified atom stereocenters. The van der Waals surface area contributed by atoms with Gasteiger partial charge in [0.25, 0.3) is 11.8 Å². The van der Waals surface area contributed by atoms with Gasteiger partial charge in [-0.2, -0.15) is 0 Å². The lowest BCUT2D eigenvalue weighted by atomic mass is 10.1. The Bertz CT molecular complexity index is 1300. The highest BCUT2D eigenvalue weighted by molar-refractivity contribution is 6.32. The Hall–Kier alpha value is -4.24. The number of nitro groups is 1. The molecule has 0 spiro atoms. The summed E-state index contributed by atoms with van der Waals surface area (Å²) in [6.45, 7) is -0.318. The van der Waals surface area contributed by atoms with Gasteiger partial charge in [0.05, 0.1) is 10.6 Å². The van der Waals surface area contributed by atoms with Crippen LogP contribution in [0.5, 0.6) is 5.75 Å². The first kappa shape index (κ1) is 22.0. The van der Waals surface area contributed by atoms with E-state index in [4.69, 9.17) is 16.3 Å². The smallest absolute Gasteiger partial charge is 0.313 e. The predicted molar refractivity (Wildman–Crippen MR) is 119 cm³/mol. The number of rotatable bonds is 6. The Morgan fingerprint density at radius 2 is 1.79 bits per heavy atom. The van der Waals surface area contributed by atoms with Gasteiger partial charge < -0.3 is 4.74 Å². The summed E-state index contributed by atoms with van der Waals surface area (Å²) in [5, 5.41) is 12.7. The van der Waals surface area contributed by atoms with Gasteiger partial charge in [0.15, 0.2) is 0 Å². The van der Waals surface area contributed by atoms with E-state index in [0.717, 1.165) is 17.2 Å². The van der Waals surface area contributed by atoms with Crippen molar-refractivity contribution in [1.29, 1.82) is 0 Å². The number of anilines is 1. The minimum Gasteiger partial charge on any atom is -0.481 e. The zero-order valence-corrected chi connectivity index (χ0v) is 17.6. The van der Waals surface area contributed by atoms with Crippen LogP contribution in [0.4, 0.5) is 15.8 Å². The Balaban J connectivity index is 1.74.